The van der Waals surface area contributed by atoms with Gasteiger partial charge in [0.1, 0.15) is 18.4 Å². The van der Waals surface area contributed by atoms with Crippen LogP contribution in [0.1, 0.15) is 5.56 Å². The van der Waals surface area contributed by atoms with Gasteiger partial charge in [-0.3, -0.25) is 0 Å². The summed E-state index contributed by atoms with van der Waals surface area (Å²) in [6, 6.07) is 4.70. The van der Waals surface area contributed by atoms with Crippen molar-refractivity contribution in [3.05, 3.63) is 29.8 Å². The van der Waals surface area contributed by atoms with Crippen molar-refractivity contribution in [1.29, 1.82) is 0 Å². The second-order valence-electron chi connectivity index (χ2n) is 4.10. The minimum Gasteiger partial charge on any atom is -0.508 e. The highest BCUT2D eigenvalue weighted by Crippen LogP contribution is 2.25. The van der Waals surface area contributed by atoms with Crippen LogP contribution in [0.4, 0.5) is 4.79 Å². The molecule has 21 heavy (non-hydrogen) atoms. The van der Waals surface area contributed by atoms with Gasteiger partial charge in [-0.1, -0.05) is 46.9 Å². The van der Waals surface area contributed by atoms with Gasteiger partial charge in [0.05, 0.1) is 0 Å². The highest BCUT2D eigenvalue weighted by Gasteiger charge is 2.25. The first kappa shape index (κ1) is 17.7. The van der Waals surface area contributed by atoms with Gasteiger partial charge in [-0.15, -0.1) is 0 Å². The molecule has 0 fully saturated rings. The zero-order valence-electron chi connectivity index (χ0n) is 10.6. The van der Waals surface area contributed by atoms with Crippen LogP contribution in [-0.4, -0.2) is 38.7 Å². The van der Waals surface area contributed by atoms with Gasteiger partial charge in [-0.05, 0) is 17.7 Å². The van der Waals surface area contributed by atoms with Crippen LogP contribution in [0.2, 0.25) is 0 Å². The summed E-state index contributed by atoms with van der Waals surface area (Å²) in [5.74, 6) is -1.19. The van der Waals surface area contributed by atoms with Gasteiger partial charge in [-0.2, -0.15) is 0 Å². The van der Waals surface area contributed by atoms with Gasteiger partial charge in [0.2, 0.25) is 3.79 Å². The lowest BCUT2D eigenvalue weighted by Crippen LogP contribution is -2.43. The molecule has 6 nitrogen and oxygen atoms in total. The molecule has 1 atom stereocenters. The second kappa shape index (κ2) is 7.59. The first-order valence-corrected chi connectivity index (χ1v) is 6.81. The Balaban J connectivity index is 2.59. The summed E-state index contributed by atoms with van der Waals surface area (Å²) in [4.78, 5) is 22.5. The molecule has 0 saturated carbocycles. The Labute approximate surface area is 135 Å². The van der Waals surface area contributed by atoms with Gasteiger partial charge < -0.3 is 20.3 Å². The predicted molar refractivity (Wildman–Crippen MR) is 78.0 cm³/mol. The number of ether oxygens (including phenoxy) is 1. The quantitative estimate of drug-likeness (QED) is 0.704. The van der Waals surface area contributed by atoms with Crippen LogP contribution in [0, 0.1) is 0 Å². The molecular weight excluding hydrogens is 344 g/mol. The fraction of sp³-hybridized carbons (Fsp3) is 0.333. The van der Waals surface area contributed by atoms with Crippen molar-refractivity contribution in [1.82, 2.24) is 5.32 Å². The van der Waals surface area contributed by atoms with E-state index in [0.717, 1.165) is 0 Å². The van der Waals surface area contributed by atoms with Crippen LogP contribution in [0.3, 0.4) is 0 Å². The van der Waals surface area contributed by atoms with E-state index >= 15 is 0 Å². The lowest BCUT2D eigenvalue weighted by Gasteiger charge is -2.16. The number of carbonyl (C=O) groups excluding carboxylic acids is 1. The largest absolute Gasteiger partial charge is 0.508 e. The first-order valence-electron chi connectivity index (χ1n) is 5.68. The number of halogens is 3. The average molecular weight is 357 g/mol. The van der Waals surface area contributed by atoms with Crippen LogP contribution >= 0.6 is 34.8 Å². The van der Waals surface area contributed by atoms with Crippen molar-refractivity contribution < 1.29 is 24.5 Å². The lowest BCUT2D eigenvalue weighted by molar-refractivity contribution is -0.139. The Bertz CT molecular complexity index is 501. The molecule has 1 amide bonds. The van der Waals surface area contributed by atoms with Crippen LogP contribution in [0.5, 0.6) is 5.75 Å². The van der Waals surface area contributed by atoms with Crippen molar-refractivity contribution in [2.45, 2.75) is 16.3 Å². The number of alkyl carbamates (subject to hydrolysis) is 1. The molecule has 0 bridgehead atoms. The van der Waals surface area contributed by atoms with E-state index in [1.165, 1.54) is 12.1 Å². The number of hydrogen-bond acceptors (Lipinski definition) is 4. The molecule has 0 heterocycles. The van der Waals surface area contributed by atoms with Crippen LogP contribution in [0.15, 0.2) is 24.3 Å². The third kappa shape index (κ3) is 7.27. The lowest BCUT2D eigenvalue weighted by atomic mass is 10.1. The number of phenols is 1. The Hall–Kier alpha value is -1.37. The normalized spacial score (nSPS) is 12.5. The van der Waals surface area contributed by atoms with E-state index in [0.29, 0.717) is 5.56 Å². The van der Waals surface area contributed by atoms with E-state index in [2.05, 4.69) is 10.1 Å². The number of aromatic hydroxyl groups is 1. The summed E-state index contributed by atoms with van der Waals surface area (Å²) in [5, 5.41) is 20.4. The molecule has 1 rings (SSSR count). The van der Waals surface area contributed by atoms with Gasteiger partial charge in [0, 0.05) is 6.42 Å². The SMILES string of the molecule is O=C(NC(Cc1ccc(O)cc1)C(=O)O)OCC(Cl)(Cl)Cl. The number of carboxylic acids is 1. The molecule has 0 aliphatic rings. The monoisotopic (exact) mass is 355 g/mol. The number of benzene rings is 1. The third-order valence-electron chi connectivity index (χ3n) is 2.33. The average Bonchev–Trinajstić information content (AvgIpc) is 2.37. The van der Waals surface area contributed by atoms with Crippen LogP contribution in [-0.2, 0) is 16.0 Å². The smallest absolute Gasteiger partial charge is 0.408 e. The number of rotatable bonds is 5. The number of alkyl halides is 3. The predicted octanol–water partition coefficient (Wildman–Crippen LogP) is 2.48. The van der Waals surface area contributed by atoms with E-state index in [4.69, 9.17) is 45.0 Å². The third-order valence-corrected chi connectivity index (χ3v) is 2.66. The molecule has 1 aromatic carbocycles. The number of hydrogen-bond donors (Lipinski definition) is 3. The Morgan fingerprint density at radius 1 is 1.24 bits per heavy atom. The van der Waals surface area contributed by atoms with E-state index in [1.807, 2.05) is 0 Å². The molecule has 0 aromatic heterocycles. The summed E-state index contributed by atoms with van der Waals surface area (Å²) >= 11 is 16.2. The zero-order chi connectivity index (χ0) is 16.0. The molecular formula is C12H12Cl3NO5. The van der Waals surface area contributed by atoms with Crippen molar-refractivity contribution in [3.8, 4) is 5.75 Å². The van der Waals surface area contributed by atoms with Crippen molar-refractivity contribution >= 4 is 46.9 Å². The standard InChI is InChI=1S/C12H12Cl3NO5/c13-12(14,15)6-21-11(20)16-9(10(18)19)5-7-1-3-8(17)4-2-7/h1-4,9,17H,5-6H2,(H,16,20)(H,18,19). The number of carboxylic acid groups (broad SMARTS) is 1. The van der Waals surface area contributed by atoms with E-state index in [9.17, 15) is 9.59 Å². The first-order chi connectivity index (χ1) is 9.67. The summed E-state index contributed by atoms with van der Waals surface area (Å²) in [7, 11) is 0. The fourth-order valence-electron chi connectivity index (χ4n) is 1.40. The number of amides is 1. The molecule has 3 N–H and O–H groups in total. The zero-order valence-corrected chi connectivity index (χ0v) is 12.8. The van der Waals surface area contributed by atoms with E-state index < -0.39 is 28.5 Å². The van der Waals surface area contributed by atoms with E-state index in [1.54, 1.807) is 12.1 Å². The maximum absolute atomic E-state index is 11.4. The summed E-state index contributed by atoms with van der Waals surface area (Å²) < 4.78 is 2.82. The molecule has 1 unspecified atom stereocenters. The topological polar surface area (TPSA) is 95.9 Å². The minimum atomic E-state index is -1.77. The molecule has 0 saturated heterocycles. The highest BCUT2D eigenvalue weighted by molar-refractivity contribution is 6.67. The number of phenolic OH excluding ortho intramolecular Hbond substituents is 1. The van der Waals surface area contributed by atoms with Gasteiger partial charge >= 0.3 is 12.1 Å². The maximum atomic E-state index is 11.4. The summed E-state index contributed by atoms with van der Waals surface area (Å²) in [6.45, 7) is -0.505. The summed E-state index contributed by atoms with van der Waals surface area (Å²) in [5.41, 5.74) is 0.613. The van der Waals surface area contributed by atoms with Gasteiger partial charge in [-0.25, -0.2) is 9.59 Å². The van der Waals surface area contributed by atoms with Crippen molar-refractivity contribution in [2.75, 3.05) is 6.61 Å². The molecule has 116 valence electrons. The number of nitrogens with one attached hydrogen (secondary N) is 1. The Morgan fingerprint density at radius 3 is 2.29 bits per heavy atom. The summed E-state index contributed by atoms with van der Waals surface area (Å²) in [6.07, 6.45) is -0.995. The molecule has 0 aliphatic carbocycles. The van der Waals surface area contributed by atoms with Crippen LogP contribution in [0.25, 0.3) is 0 Å². The maximum Gasteiger partial charge on any atom is 0.408 e. The highest BCUT2D eigenvalue weighted by atomic mass is 35.6. The molecule has 0 spiro atoms. The Kier molecular flexibility index (Phi) is 6.39. The van der Waals surface area contributed by atoms with Gasteiger partial charge in [0.25, 0.3) is 0 Å². The molecule has 0 aliphatic heterocycles. The van der Waals surface area contributed by atoms with Crippen molar-refractivity contribution in [2.24, 2.45) is 0 Å². The van der Waals surface area contributed by atoms with Crippen LogP contribution < -0.4 is 5.32 Å². The Morgan fingerprint density at radius 2 is 1.81 bits per heavy atom. The van der Waals surface area contributed by atoms with Gasteiger partial charge in [0.15, 0.2) is 0 Å². The number of aliphatic carboxylic acids is 1. The van der Waals surface area contributed by atoms with E-state index in [-0.39, 0.29) is 12.2 Å². The fourth-order valence-corrected chi connectivity index (χ4v) is 1.56. The minimum absolute atomic E-state index is 0.0124. The molecule has 9 heteroatoms. The molecule has 1 aromatic rings. The van der Waals surface area contributed by atoms with Crippen molar-refractivity contribution in [3.63, 3.8) is 0 Å². The second-order valence-corrected chi connectivity index (χ2v) is 6.61. The molecule has 0 radical (unpaired) electrons. The number of carbonyl (C=O) groups is 2.